The molecule has 1 saturated carbocycles. The lowest BCUT2D eigenvalue weighted by Crippen LogP contribution is -2.44. The van der Waals surface area contributed by atoms with Gasteiger partial charge in [-0.05, 0) is 24.5 Å². The van der Waals surface area contributed by atoms with E-state index in [-0.39, 0.29) is 5.56 Å². The zero-order chi connectivity index (χ0) is 13.4. The van der Waals surface area contributed by atoms with Gasteiger partial charge in [0.1, 0.15) is 0 Å². The molecule has 0 aromatic heterocycles. The molecular formula is C13H13F3O2. The largest absolute Gasteiger partial charge is 0.468 e. The Morgan fingerprint density at radius 3 is 2.33 bits per heavy atom. The van der Waals surface area contributed by atoms with Crippen LogP contribution in [0, 0.1) is 0 Å². The van der Waals surface area contributed by atoms with Crippen molar-refractivity contribution in [3.8, 4) is 0 Å². The van der Waals surface area contributed by atoms with Gasteiger partial charge >= 0.3 is 12.1 Å². The van der Waals surface area contributed by atoms with Gasteiger partial charge in [-0.25, -0.2) is 0 Å². The molecule has 1 aromatic carbocycles. The molecule has 0 atom stereocenters. The second kappa shape index (κ2) is 4.30. The maximum absolute atomic E-state index is 13.0. The van der Waals surface area contributed by atoms with Gasteiger partial charge in [0.25, 0.3) is 0 Å². The molecule has 0 saturated heterocycles. The standard InChI is InChI=1S/C13H13F3O2/c1-18-11(17)12(7-4-8-12)9-5-2-3-6-10(9)13(14,15)16/h2-3,5-6H,4,7-8H2,1H3. The summed E-state index contributed by atoms with van der Waals surface area (Å²) in [6, 6.07) is 5.24. The van der Waals surface area contributed by atoms with Crippen molar-refractivity contribution in [1.82, 2.24) is 0 Å². The van der Waals surface area contributed by atoms with Crippen LogP contribution in [0.4, 0.5) is 13.2 Å². The van der Waals surface area contributed by atoms with E-state index in [9.17, 15) is 18.0 Å². The van der Waals surface area contributed by atoms with Crippen LogP contribution >= 0.6 is 0 Å². The fraction of sp³-hybridized carbons (Fsp3) is 0.462. The topological polar surface area (TPSA) is 26.3 Å². The number of carbonyl (C=O) groups excluding carboxylic acids is 1. The van der Waals surface area contributed by atoms with E-state index in [1.165, 1.54) is 25.3 Å². The number of methoxy groups -OCH3 is 1. The Labute approximate surface area is 103 Å². The minimum Gasteiger partial charge on any atom is -0.468 e. The van der Waals surface area contributed by atoms with Crippen molar-refractivity contribution in [2.75, 3.05) is 7.11 Å². The second-order valence-corrected chi connectivity index (χ2v) is 4.47. The van der Waals surface area contributed by atoms with Gasteiger partial charge < -0.3 is 4.74 Å². The zero-order valence-corrected chi connectivity index (χ0v) is 9.88. The fourth-order valence-corrected chi connectivity index (χ4v) is 2.46. The van der Waals surface area contributed by atoms with Crippen LogP contribution in [0.5, 0.6) is 0 Å². The first kappa shape index (κ1) is 12.9. The molecule has 2 nitrogen and oxygen atoms in total. The van der Waals surface area contributed by atoms with Crippen LogP contribution in [-0.4, -0.2) is 13.1 Å². The summed E-state index contributed by atoms with van der Waals surface area (Å²) >= 11 is 0. The molecule has 1 aliphatic carbocycles. The smallest absolute Gasteiger partial charge is 0.416 e. The van der Waals surface area contributed by atoms with Gasteiger partial charge in [-0.15, -0.1) is 0 Å². The van der Waals surface area contributed by atoms with Crippen LogP contribution < -0.4 is 0 Å². The highest BCUT2D eigenvalue weighted by molar-refractivity contribution is 5.85. The molecule has 18 heavy (non-hydrogen) atoms. The average molecular weight is 258 g/mol. The highest BCUT2D eigenvalue weighted by atomic mass is 19.4. The average Bonchev–Trinajstić information content (AvgIpc) is 2.26. The van der Waals surface area contributed by atoms with E-state index in [1.807, 2.05) is 0 Å². The molecule has 1 aliphatic rings. The summed E-state index contributed by atoms with van der Waals surface area (Å²) in [6.45, 7) is 0. The molecule has 0 heterocycles. The number of hydrogen-bond donors (Lipinski definition) is 0. The van der Waals surface area contributed by atoms with Crippen molar-refractivity contribution in [1.29, 1.82) is 0 Å². The predicted octanol–water partition coefficient (Wildman–Crippen LogP) is 3.30. The lowest BCUT2D eigenvalue weighted by Gasteiger charge is -2.40. The maximum Gasteiger partial charge on any atom is 0.416 e. The van der Waals surface area contributed by atoms with E-state index in [2.05, 4.69) is 4.74 Å². The van der Waals surface area contributed by atoms with Crippen LogP contribution in [0.2, 0.25) is 0 Å². The Kier molecular flexibility index (Phi) is 3.09. The number of hydrogen-bond acceptors (Lipinski definition) is 2. The van der Waals surface area contributed by atoms with Gasteiger partial charge in [0.15, 0.2) is 0 Å². The minimum atomic E-state index is -4.45. The number of benzene rings is 1. The number of carbonyl (C=O) groups is 1. The molecule has 0 N–H and O–H groups in total. The van der Waals surface area contributed by atoms with E-state index >= 15 is 0 Å². The van der Waals surface area contributed by atoms with E-state index < -0.39 is 23.1 Å². The van der Waals surface area contributed by atoms with Gasteiger partial charge in [0, 0.05) is 0 Å². The monoisotopic (exact) mass is 258 g/mol. The highest BCUT2D eigenvalue weighted by Crippen LogP contribution is 2.48. The van der Waals surface area contributed by atoms with Gasteiger partial charge in [-0.3, -0.25) is 4.79 Å². The number of ether oxygens (including phenoxy) is 1. The van der Waals surface area contributed by atoms with E-state index in [0.717, 1.165) is 12.5 Å². The van der Waals surface area contributed by atoms with Crippen molar-refractivity contribution in [3.63, 3.8) is 0 Å². The first-order valence-electron chi connectivity index (χ1n) is 5.67. The van der Waals surface area contributed by atoms with Crippen LogP contribution in [0.25, 0.3) is 0 Å². The Morgan fingerprint density at radius 2 is 1.89 bits per heavy atom. The zero-order valence-electron chi connectivity index (χ0n) is 9.88. The van der Waals surface area contributed by atoms with Crippen molar-refractivity contribution in [2.45, 2.75) is 30.9 Å². The highest BCUT2D eigenvalue weighted by Gasteiger charge is 2.50. The molecule has 0 aliphatic heterocycles. The Bertz CT molecular complexity index is 462. The summed E-state index contributed by atoms with van der Waals surface area (Å²) in [5, 5.41) is 0. The van der Waals surface area contributed by atoms with Crippen LogP contribution in [0.15, 0.2) is 24.3 Å². The van der Waals surface area contributed by atoms with Gasteiger partial charge in [0.05, 0.1) is 18.1 Å². The van der Waals surface area contributed by atoms with E-state index in [4.69, 9.17) is 0 Å². The summed E-state index contributed by atoms with van der Waals surface area (Å²) in [4.78, 5) is 11.8. The van der Waals surface area contributed by atoms with Crippen molar-refractivity contribution in [2.24, 2.45) is 0 Å². The SMILES string of the molecule is COC(=O)C1(c2ccccc2C(F)(F)F)CCC1. The third-order valence-electron chi connectivity index (χ3n) is 3.53. The molecule has 0 unspecified atom stereocenters. The molecule has 5 heteroatoms. The Balaban J connectivity index is 2.53. The third-order valence-corrected chi connectivity index (χ3v) is 3.53. The third kappa shape index (κ3) is 1.87. The molecule has 1 fully saturated rings. The molecule has 2 rings (SSSR count). The van der Waals surface area contributed by atoms with Crippen LogP contribution in [-0.2, 0) is 21.1 Å². The summed E-state index contributed by atoms with van der Waals surface area (Å²) < 4.78 is 43.5. The predicted molar refractivity (Wildman–Crippen MR) is 59.0 cm³/mol. The molecule has 0 spiro atoms. The van der Waals surface area contributed by atoms with Gasteiger partial charge in [-0.1, -0.05) is 24.6 Å². The van der Waals surface area contributed by atoms with Gasteiger partial charge in [0.2, 0.25) is 0 Å². The number of rotatable bonds is 2. The summed E-state index contributed by atoms with van der Waals surface area (Å²) in [5.74, 6) is -0.578. The van der Waals surface area contributed by atoms with Gasteiger partial charge in [-0.2, -0.15) is 13.2 Å². The summed E-state index contributed by atoms with van der Waals surface area (Å²) in [7, 11) is 1.21. The van der Waals surface area contributed by atoms with Crippen LogP contribution in [0.1, 0.15) is 30.4 Å². The maximum atomic E-state index is 13.0. The molecule has 1 aromatic rings. The first-order valence-corrected chi connectivity index (χ1v) is 5.67. The normalized spacial score (nSPS) is 18.0. The van der Waals surface area contributed by atoms with E-state index in [0.29, 0.717) is 12.8 Å². The van der Waals surface area contributed by atoms with Crippen molar-refractivity contribution >= 4 is 5.97 Å². The second-order valence-electron chi connectivity index (χ2n) is 4.47. The minimum absolute atomic E-state index is 0.0376. The van der Waals surface area contributed by atoms with E-state index in [1.54, 1.807) is 0 Å². The quantitative estimate of drug-likeness (QED) is 0.761. The number of esters is 1. The summed E-state index contributed by atoms with van der Waals surface area (Å²) in [5.41, 5.74) is -1.81. The van der Waals surface area contributed by atoms with Crippen LogP contribution in [0.3, 0.4) is 0 Å². The number of halogens is 3. The fourth-order valence-electron chi connectivity index (χ4n) is 2.46. The molecule has 0 amide bonds. The molecular weight excluding hydrogens is 245 g/mol. The first-order chi connectivity index (χ1) is 8.42. The van der Waals surface area contributed by atoms with Crippen molar-refractivity contribution in [3.05, 3.63) is 35.4 Å². The Hall–Kier alpha value is -1.52. The summed E-state index contributed by atoms with van der Waals surface area (Å²) in [6.07, 6.45) is -2.89. The lowest BCUT2D eigenvalue weighted by atomic mass is 9.63. The van der Waals surface area contributed by atoms with Crippen molar-refractivity contribution < 1.29 is 22.7 Å². The molecule has 0 bridgehead atoms. The molecule has 0 radical (unpaired) electrons. The lowest BCUT2D eigenvalue weighted by molar-refractivity contribution is -0.153. The molecule has 98 valence electrons. The Morgan fingerprint density at radius 1 is 1.28 bits per heavy atom. The number of alkyl halides is 3.